The first kappa shape index (κ1) is 14.4. The summed E-state index contributed by atoms with van der Waals surface area (Å²) in [4.78, 5) is 5.30. The van der Waals surface area contributed by atoms with Crippen molar-refractivity contribution in [3.05, 3.63) is 16.6 Å². The Morgan fingerprint density at radius 1 is 0.909 bits per heavy atom. The van der Waals surface area contributed by atoms with Crippen LogP contribution in [0.4, 0.5) is 0 Å². The van der Waals surface area contributed by atoms with Crippen LogP contribution in [0.3, 0.4) is 0 Å². The Labute approximate surface area is 129 Å². The zero-order valence-corrected chi connectivity index (χ0v) is 12.6. The first-order valence-corrected chi connectivity index (χ1v) is 8.07. The summed E-state index contributed by atoms with van der Waals surface area (Å²) in [6, 6.07) is 0.273. The van der Waals surface area contributed by atoms with E-state index in [9.17, 15) is 5.21 Å². The van der Waals surface area contributed by atoms with Crippen molar-refractivity contribution in [2.24, 2.45) is 0 Å². The molecule has 0 saturated carbocycles. The fraction of sp³-hybridized carbons (Fsp3) is 0.857. The van der Waals surface area contributed by atoms with Gasteiger partial charge in [-0.3, -0.25) is 14.4 Å². The molecule has 0 bridgehead atoms. The van der Waals surface area contributed by atoms with E-state index in [0.717, 1.165) is 71.1 Å². The van der Waals surface area contributed by atoms with Crippen molar-refractivity contribution in [2.45, 2.75) is 24.9 Å². The molecule has 0 unspecified atom stereocenters. The highest BCUT2D eigenvalue weighted by Gasteiger charge is 2.43. The van der Waals surface area contributed by atoms with Gasteiger partial charge in [-0.15, -0.1) is 0 Å². The molecule has 2 atom stereocenters. The van der Waals surface area contributed by atoms with Crippen molar-refractivity contribution in [3.63, 3.8) is 0 Å². The maximum Gasteiger partial charge on any atom is 0.239 e. The molecule has 122 valence electrons. The fourth-order valence-electron chi connectivity index (χ4n) is 3.87. The predicted octanol–water partition coefficient (Wildman–Crippen LogP) is -0.152. The van der Waals surface area contributed by atoms with Crippen LogP contribution in [0.25, 0.3) is 0 Å². The number of nitrogens with zero attached hydrogens (tertiary/aromatic N) is 4. The van der Waals surface area contributed by atoms with Gasteiger partial charge in [0.25, 0.3) is 0 Å². The third-order valence-electron chi connectivity index (χ3n) is 4.99. The highest BCUT2D eigenvalue weighted by atomic mass is 16.8. The average Bonchev–Trinajstić information content (AvgIpc) is 2.98. The molecule has 22 heavy (non-hydrogen) atoms. The Morgan fingerprint density at radius 2 is 1.45 bits per heavy atom. The Bertz CT molecular complexity index is 511. The van der Waals surface area contributed by atoms with Crippen LogP contribution in [0.15, 0.2) is 4.63 Å². The minimum absolute atomic E-state index is 0.0972. The lowest BCUT2D eigenvalue weighted by Crippen LogP contribution is -2.47. The standard InChI is InChI=1S/C14H22N4O4/c19-18-14-12(17-5-9-21-10-6-17)2-1-11(13(14)15-22-18)16-3-7-20-8-4-16/h11-12H,1-10H2/t11-,12+/m0/s1. The van der Waals surface area contributed by atoms with E-state index in [1.54, 1.807) is 0 Å². The second-order valence-corrected chi connectivity index (χ2v) is 6.11. The zero-order valence-electron chi connectivity index (χ0n) is 12.6. The summed E-state index contributed by atoms with van der Waals surface area (Å²) in [5.41, 5.74) is 1.52. The summed E-state index contributed by atoms with van der Waals surface area (Å²) in [6.07, 6.45) is 1.96. The van der Waals surface area contributed by atoms with Crippen LogP contribution < -0.4 is 4.90 Å². The molecule has 3 heterocycles. The zero-order chi connectivity index (χ0) is 14.9. The van der Waals surface area contributed by atoms with Crippen LogP contribution in [0.2, 0.25) is 0 Å². The molecule has 8 nitrogen and oxygen atoms in total. The minimum atomic E-state index is 0.0972. The summed E-state index contributed by atoms with van der Waals surface area (Å²) >= 11 is 0. The highest BCUT2D eigenvalue weighted by Crippen LogP contribution is 2.40. The molecule has 4 rings (SSSR count). The third kappa shape index (κ3) is 2.50. The Morgan fingerprint density at radius 3 is 2.09 bits per heavy atom. The van der Waals surface area contributed by atoms with Crippen molar-refractivity contribution >= 4 is 0 Å². The molecule has 0 aromatic carbocycles. The lowest BCUT2D eigenvalue weighted by Gasteiger charge is -2.39. The highest BCUT2D eigenvalue weighted by molar-refractivity contribution is 5.18. The molecular formula is C14H22N4O4. The van der Waals surface area contributed by atoms with E-state index < -0.39 is 0 Å². The molecule has 1 aromatic rings. The van der Waals surface area contributed by atoms with E-state index in [4.69, 9.17) is 14.1 Å². The van der Waals surface area contributed by atoms with Crippen molar-refractivity contribution in [3.8, 4) is 0 Å². The van der Waals surface area contributed by atoms with Gasteiger partial charge in [0, 0.05) is 31.3 Å². The summed E-state index contributed by atoms with van der Waals surface area (Å²) in [6.45, 7) is 6.43. The van der Waals surface area contributed by atoms with E-state index in [-0.39, 0.29) is 12.1 Å². The number of rotatable bonds is 2. The number of fused-ring (bicyclic) bond motifs is 1. The molecule has 1 aromatic heterocycles. The van der Waals surface area contributed by atoms with E-state index in [1.165, 1.54) is 0 Å². The molecule has 2 fully saturated rings. The van der Waals surface area contributed by atoms with Crippen LogP contribution in [0.5, 0.6) is 0 Å². The number of morpholine rings is 2. The SMILES string of the molecule is [O-][n+]1onc2c1[C@H](N1CCOCC1)CC[C@@H]2N1CCOCC1. The van der Waals surface area contributed by atoms with E-state index in [0.29, 0.717) is 10.6 Å². The number of ether oxygens (including phenoxy) is 2. The predicted molar refractivity (Wildman–Crippen MR) is 75.0 cm³/mol. The lowest BCUT2D eigenvalue weighted by molar-refractivity contribution is -0.809. The topological polar surface area (TPSA) is 77.9 Å². The first-order valence-electron chi connectivity index (χ1n) is 8.07. The summed E-state index contributed by atoms with van der Waals surface area (Å²) in [5.74, 6) is 0. The maximum atomic E-state index is 12.1. The van der Waals surface area contributed by atoms with Gasteiger partial charge in [-0.1, -0.05) is 0 Å². The van der Waals surface area contributed by atoms with Crippen LogP contribution in [0.1, 0.15) is 36.3 Å². The normalized spacial score (nSPS) is 31.1. The minimum Gasteiger partial charge on any atom is -0.379 e. The van der Waals surface area contributed by atoms with E-state index in [1.807, 2.05) is 0 Å². The van der Waals surface area contributed by atoms with Crippen molar-refractivity contribution in [2.75, 3.05) is 52.6 Å². The summed E-state index contributed by atoms with van der Waals surface area (Å²) in [5, 5.41) is 16.2. The average molecular weight is 310 g/mol. The molecule has 1 aliphatic carbocycles. The lowest BCUT2D eigenvalue weighted by atomic mass is 9.89. The second-order valence-electron chi connectivity index (χ2n) is 6.11. The van der Waals surface area contributed by atoms with Gasteiger partial charge in [0.2, 0.25) is 11.4 Å². The quantitative estimate of drug-likeness (QED) is 0.703. The van der Waals surface area contributed by atoms with E-state index >= 15 is 0 Å². The molecule has 2 aliphatic heterocycles. The Hall–Kier alpha value is -1.22. The van der Waals surface area contributed by atoms with Gasteiger partial charge in [0.15, 0.2) is 0 Å². The van der Waals surface area contributed by atoms with Crippen LogP contribution in [-0.2, 0) is 9.47 Å². The molecule has 0 radical (unpaired) electrons. The number of hydrogen-bond donors (Lipinski definition) is 0. The smallest absolute Gasteiger partial charge is 0.239 e. The van der Waals surface area contributed by atoms with Gasteiger partial charge >= 0.3 is 0 Å². The number of hydrogen-bond acceptors (Lipinski definition) is 7. The molecule has 3 aliphatic rings. The molecule has 0 N–H and O–H groups in total. The Kier molecular flexibility index (Phi) is 4.00. The van der Waals surface area contributed by atoms with Gasteiger partial charge in [0.1, 0.15) is 0 Å². The molecule has 2 saturated heterocycles. The van der Waals surface area contributed by atoms with Gasteiger partial charge in [-0.25, -0.2) is 0 Å². The Balaban J connectivity index is 1.60. The van der Waals surface area contributed by atoms with Gasteiger partial charge in [-0.05, 0) is 17.7 Å². The van der Waals surface area contributed by atoms with Gasteiger partial charge in [-0.2, -0.15) is 0 Å². The third-order valence-corrected chi connectivity index (χ3v) is 4.99. The van der Waals surface area contributed by atoms with Crippen LogP contribution >= 0.6 is 0 Å². The second kappa shape index (κ2) is 6.11. The van der Waals surface area contributed by atoms with Crippen molar-refractivity contribution in [1.82, 2.24) is 15.0 Å². The summed E-state index contributed by atoms with van der Waals surface area (Å²) < 4.78 is 15.8. The molecular weight excluding hydrogens is 288 g/mol. The maximum absolute atomic E-state index is 12.1. The largest absolute Gasteiger partial charge is 0.379 e. The van der Waals surface area contributed by atoms with Crippen molar-refractivity contribution in [1.29, 1.82) is 0 Å². The van der Waals surface area contributed by atoms with Crippen LogP contribution in [0, 0.1) is 5.21 Å². The molecule has 0 spiro atoms. The summed E-state index contributed by atoms with van der Waals surface area (Å²) in [7, 11) is 0. The van der Waals surface area contributed by atoms with Crippen LogP contribution in [-0.4, -0.2) is 67.6 Å². The monoisotopic (exact) mass is 310 g/mol. The molecule has 0 amide bonds. The van der Waals surface area contributed by atoms with Crippen molar-refractivity contribution < 1.29 is 19.0 Å². The molecule has 8 heteroatoms. The fourth-order valence-corrected chi connectivity index (χ4v) is 3.87. The van der Waals surface area contributed by atoms with E-state index in [2.05, 4.69) is 15.0 Å². The first-order chi connectivity index (χ1) is 10.8. The van der Waals surface area contributed by atoms with Gasteiger partial charge < -0.3 is 14.7 Å². The number of aromatic nitrogens is 2. The van der Waals surface area contributed by atoms with Gasteiger partial charge in [0.05, 0.1) is 38.5 Å².